The van der Waals surface area contributed by atoms with Gasteiger partial charge in [-0.05, 0) is 49.2 Å². The second-order valence-corrected chi connectivity index (χ2v) is 8.32. The fourth-order valence-electron chi connectivity index (χ4n) is 3.86. The number of halogens is 2. The van der Waals surface area contributed by atoms with Crippen LogP contribution in [0.2, 0.25) is 5.02 Å². The van der Waals surface area contributed by atoms with Crippen molar-refractivity contribution < 1.29 is 9.18 Å². The minimum atomic E-state index is -0.545. The number of aromatic nitrogens is 2. The van der Waals surface area contributed by atoms with Crippen LogP contribution in [0.1, 0.15) is 24.8 Å². The molecule has 6 nitrogen and oxygen atoms in total. The van der Waals surface area contributed by atoms with Crippen LogP contribution in [0.3, 0.4) is 0 Å². The summed E-state index contributed by atoms with van der Waals surface area (Å²) in [5.41, 5.74) is 0.351. The van der Waals surface area contributed by atoms with Crippen LogP contribution in [0.15, 0.2) is 82.4 Å². The predicted octanol–water partition coefficient (Wildman–Crippen LogP) is 4.81. The van der Waals surface area contributed by atoms with Crippen molar-refractivity contribution in [1.29, 1.82) is 0 Å². The van der Waals surface area contributed by atoms with Gasteiger partial charge >= 0.3 is 5.69 Å². The van der Waals surface area contributed by atoms with Gasteiger partial charge in [-0.1, -0.05) is 48.0 Å². The van der Waals surface area contributed by atoms with Gasteiger partial charge in [-0.2, -0.15) is 0 Å². The summed E-state index contributed by atoms with van der Waals surface area (Å²) in [4.78, 5) is 38.5. The Labute approximate surface area is 200 Å². The second kappa shape index (κ2) is 10.5. The molecule has 8 heteroatoms. The van der Waals surface area contributed by atoms with E-state index in [0.29, 0.717) is 29.4 Å². The normalized spacial score (nSPS) is 11.0. The SMILES string of the molecule is O=C(CCCCn1c(=O)c2ccccc2n(Cc2c(F)cccc2Cl)c1=O)Nc1ccccc1. The molecule has 0 bridgehead atoms. The highest BCUT2D eigenvalue weighted by Crippen LogP contribution is 2.21. The number of nitrogens with zero attached hydrogens (tertiary/aromatic N) is 2. The molecule has 4 rings (SSSR count). The van der Waals surface area contributed by atoms with Crippen LogP contribution in [0.25, 0.3) is 10.9 Å². The average molecular weight is 480 g/mol. The van der Waals surface area contributed by atoms with Crippen molar-refractivity contribution >= 4 is 34.1 Å². The molecule has 0 saturated carbocycles. The Morgan fingerprint density at radius 2 is 1.62 bits per heavy atom. The summed E-state index contributed by atoms with van der Waals surface area (Å²) in [5.74, 6) is -0.658. The molecule has 0 aliphatic heterocycles. The van der Waals surface area contributed by atoms with Crippen molar-refractivity contribution in [1.82, 2.24) is 9.13 Å². The van der Waals surface area contributed by atoms with E-state index in [-0.39, 0.29) is 36.0 Å². The lowest BCUT2D eigenvalue weighted by Gasteiger charge is -2.15. The average Bonchev–Trinajstić information content (AvgIpc) is 2.83. The van der Waals surface area contributed by atoms with Crippen molar-refractivity contribution in [2.75, 3.05) is 5.32 Å². The van der Waals surface area contributed by atoms with Crippen LogP contribution in [-0.4, -0.2) is 15.0 Å². The van der Waals surface area contributed by atoms with Gasteiger partial charge in [-0.25, -0.2) is 9.18 Å². The van der Waals surface area contributed by atoms with Crippen molar-refractivity contribution in [2.24, 2.45) is 0 Å². The van der Waals surface area contributed by atoms with Crippen molar-refractivity contribution in [3.05, 3.63) is 110 Å². The monoisotopic (exact) mass is 479 g/mol. The first kappa shape index (κ1) is 23.4. The third-order valence-corrected chi connectivity index (χ3v) is 5.96. The first-order valence-electron chi connectivity index (χ1n) is 11.0. The van der Waals surface area contributed by atoms with E-state index in [2.05, 4.69) is 5.32 Å². The number of hydrogen-bond acceptors (Lipinski definition) is 3. The molecule has 0 unspecified atom stereocenters. The number of unbranched alkanes of at least 4 members (excludes halogenated alkanes) is 1. The summed E-state index contributed by atoms with van der Waals surface area (Å²) in [7, 11) is 0. The van der Waals surface area contributed by atoms with Gasteiger partial charge in [0.15, 0.2) is 0 Å². The quantitative estimate of drug-likeness (QED) is 0.368. The van der Waals surface area contributed by atoms with Crippen LogP contribution in [0, 0.1) is 5.82 Å². The lowest BCUT2D eigenvalue weighted by Crippen LogP contribution is -2.40. The molecule has 34 heavy (non-hydrogen) atoms. The van der Waals surface area contributed by atoms with Crippen molar-refractivity contribution in [3.63, 3.8) is 0 Å². The number of rotatable bonds is 8. The van der Waals surface area contributed by atoms with E-state index in [1.807, 2.05) is 18.2 Å². The molecule has 0 radical (unpaired) electrons. The maximum atomic E-state index is 14.4. The van der Waals surface area contributed by atoms with Crippen LogP contribution in [0.5, 0.6) is 0 Å². The summed E-state index contributed by atoms with van der Waals surface area (Å²) in [5, 5.41) is 3.38. The van der Waals surface area contributed by atoms with Gasteiger partial charge in [0.25, 0.3) is 5.56 Å². The smallest absolute Gasteiger partial charge is 0.326 e. The van der Waals surface area contributed by atoms with Gasteiger partial charge in [0, 0.05) is 29.2 Å². The van der Waals surface area contributed by atoms with Gasteiger partial charge in [0.2, 0.25) is 5.91 Å². The van der Waals surface area contributed by atoms with Gasteiger partial charge in [0.05, 0.1) is 17.4 Å². The molecule has 1 heterocycles. The number of para-hydroxylation sites is 2. The number of anilines is 1. The lowest BCUT2D eigenvalue weighted by molar-refractivity contribution is -0.116. The molecule has 174 valence electrons. The van der Waals surface area contributed by atoms with Crippen LogP contribution < -0.4 is 16.6 Å². The Morgan fingerprint density at radius 3 is 2.38 bits per heavy atom. The van der Waals surface area contributed by atoms with Crippen molar-refractivity contribution in [2.45, 2.75) is 32.4 Å². The summed E-state index contributed by atoms with van der Waals surface area (Å²) < 4.78 is 16.9. The van der Waals surface area contributed by atoms with Crippen molar-refractivity contribution in [3.8, 4) is 0 Å². The van der Waals surface area contributed by atoms with Gasteiger partial charge in [-0.15, -0.1) is 0 Å². The number of amides is 1. The summed E-state index contributed by atoms with van der Waals surface area (Å²) in [6, 6.07) is 20.2. The van der Waals surface area contributed by atoms with Gasteiger partial charge in [0.1, 0.15) is 5.82 Å². The highest BCUT2D eigenvalue weighted by molar-refractivity contribution is 6.31. The standard InChI is InChI=1S/C26H23ClFN3O3/c27-21-12-8-13-22(28)20(21)17-31-23-14-5-4-11-19(23)25(33)30(26(31)34)16-7-6-15-24(32)29-18-9-2-1-3-10-18/h1-5,8-14H,6-7,15-17H2,(H,29,32). The maximum absolute atomic E-state index is 14.4. The molecule has 1 amide bonds. The third kappa shape index (κ3) is 5.10. The summed E-state index contributed by atoms with van der Waals surface area (Å²) in [6.07, 6.45) is 1.21. The van der Waals surface area contributed by atoms with E-state index < -0.39 is 17.1 Å². The highest BCUT2D eigenvalue weighted by atomic mass is 35.5. The zero-order chi connectivity index (χ0) is 24.1. The molecule has 0 spiro atoms. The molecule has 4 aromatic rings. The number of fused-ring (bicyclic) bond motifs is 1. The zero-order valence-corrected chi connectivity index (χ0v) is 19.1. The molecule has 3 aromatic carbocycles. The number of benzene rings is 3. The summed E-state index contributed by atoms with van der Waals surface area (Å²) >= 11 is 6.18. The number of hydrogen-bond donors (Lipinski definition) is 1. The van der Waals surface area contributed by atoms with E-state index in [4.69, 9.17) is 11.6 Å². The topological polar surface area (TPSA) is 73.1 Å². The molecule has 1 aromatic heterocycles. The molecule has 0 atom stereocenters. The van der Waals surface area contributed by atoms with Crippen LogP contribution in [-0.2, 0) is 17.9 Å². The number of nitrogens with one attached hydrogen (secondary N) is 1. The number of carbonyl (C=O) groups excluding carboxylic acids is 1. The first-order chi connectivity index (χ1) is 16.5. The molecular formula is C26H23ClFN3O3. The van der Waals surface area contributed by atoms with E-state index in [9.17, 15) is 18.8 Å². The highest BCUT2D eigenvalue weighted by Gasteiger charge is 2.16. The summed E-state index contributed by atoms with van der Waals surface area (Å²) in [6.45, 7) is 0.0384. The Kier molecular flexibility index (Phi) is 7.23. The Hall–Kier alpha value is -3.71. The lowest BCUT2D eigenvalue weighted by atomic mass is 10.2. The third-order valence-electron chi connectivity index (χ3n) is 5.60. The fourth-order valence-corrected chi connectivity index (χ4v) is 4.09. The second-order valence-electron chi connectivity index (χ2n) is 7.91. The molecule has 0 fully saturated rings. The fraction of sp³-hybridized carbons (Fsp3) is 0.192. The largest absolute Gasteiger partial charge is 0.331 e. The van der Waals surface area contributed by atoms with E-state index in [0.717, 1.165) is 4.57 Å². The first-order valence-corrected chi connectivity index (χ1v) is 11.3. The molecule has 0 aliphatic carbocycles. The maximum Gasteiger partial charge on any atom is 0.331 e. The zero-order valence-electron chi connectivity index (χ0n) is 18.3. The molecule has 1 N–H and O–H groups in total. The Balaban J connectivity index is 1.55. The Morgan fingerprint density at radius 1 is 0.882 bits per heavy atom. The van der Waals surface area contributed by atoms with Gasteiger partial charge in [-0.3, -0.25) is 18.7 Å². The predicted molar refractivity (Wildman–Crippen MR) is 132 cm³/mol. The minimum absolute atomic E-state index is 0.107. The van der Waals surface area contributed by atoms with E-state index >= 15 is 0 Å². The molecule has 0 saturated heterocycles. The van der Waals surface area contributed by atoms with E-state index in [1.54, 1.807) is 42.5 Å². The van der Waals surface area contributed by atoms with Gasteiger partial charge < -0.3 is 5.32 Å². The molecular weight excluding hydrogens is 457 g/mol. The Bertz CT molecular complexity index is 1430. The van der Waals surface area contributed by atoms with Crippen LogP contribution >= 0.6 is 11.6 Å². The minimum Gasteiger partial charge on any atom is -0.326 e. The van der Waals surface area contributed by atoms with E-state index in [1.165, 1.54) is 16.7 Å². The molecule has 0 aliphatic rings. The number of carbonyl (C=O) groups is 1. The van der Waals surface area contributed by atoms with Crippen LogP contribution in [0.4, 0.5) is 10.1 Å².